The molecule has 0 radical (unpaired) electrons. The van der Waals surface area contributed by atoms with Crippen LogP contribution in [0.3, 0.4) is 0 Å². The van der Waals surface area contributed by atoms with Gasteiger partial charge in [-0.1, -0.05) is 18.7 Å². The molecule has 0 saturated carbocycles. The van der Waals surface area contributed by atoms with E-state index in [4.69, 9.17) is 0 Å². The maximum atomic E-state index is 11.1. The highest BCUT2D eigenvalue weighted by Crippen LogP contribution is 1.99. The van der Waals surface area contributed by atoms with E-state index >= 15 is 0 Å². The highest BCUT2D eigenvalue weighted by molar-refractivity contribution is 8.13. The third-order valence-electron chi connectivity index (χ3n) is 1.10. The van der Waals surface area contributed by atoms with Gasteiger partial charge in [0.05, 0.1) is 0 Å². The lowest BCUT2D eigenvalue weighted by Crippen LogP contribution is -2.37. The molecular formula is C7H15N3OS. The van der Waals surface area contributed by atoms with E-state index in [9.17, 15) is 4.79 Å². The van der Waals surface area contributed by atoms with Crippen molar-refractivity contribution in [2.24, 2.45) is 4.99 Å². The lowest BCUT2D eigenvalue weighted by Gasteiger charge is -2.12. The van der Waals surface area contributed by atoms with Crippen LogP contribution in [0.5, 0.6) is 0 Å². The molecule has 0 heterocycles. The summed E-state index contributed by atoms with van der Waals surface area (Å²) in [5.74, 6) is 0.903. The third kappa shape index (κ3) is 4.23. The van der Waals surface area contributed by atoms with E-state index in [0.717, 1.165) is 5.75 Å². The highest BCUT2D eigenvalue weighted by Gasteiger charge is 2.05. The Morgan fingerprint density at radius 2 is 2.17 bits per heavy atom. The molecule has 1 N–H and O–H groups in total. The molecule has 0 aliphatic heterocycles. The number of hydrogen-bond donors (Lipinski definition) is 1. The molecule has 5 heteroatoms. The maximum absolute atomic E-state index is 11.1. The zero-order chi connectivity index (χ0) is 9.56. The zero-order valence-electron chi connectivity index (χ0n) is 7.92. The van der Waals surface area contributed by atoms with Gasteiger partial charge in [-0.15, -0.1) is 0 Å². The third-order valence-corrected chi connectivity index (χ3v) is 1.95. The SMILES string of the molecule is CCSC(=NC)NC(=O)N(C)C. The van der Waals surface area contributed by atoms with Gasteiger partial charge >= 0.3 is 6.03 Å². The molecule has 12 heavy (non-hydrogen) atoms. The van der Waals surface area contributed by atoms with E-state index in [1.54, 1.807) is 21.1 Å². The van der Waals surface area contributed by atoms with Crippen molar-refractivity contribution in [3.63, 3.8) is 0 Å². The van der Waals surface area contributed by atoms with Gasteiger partial charge < -0.3 is 4.90 Å². The number of amidine groups is 1. The second kappa shape index (κ2) is 5.88. The normalized spacial score (nSPS) is 11.2. The predicted molar refractivity (Wildman–Crippen MR) is 53.7 cm³/mol. The second-order valence-corrected chi connectivity index (χ2v) is 3.54. The first-order valence-corrected chi connectivity index (χ1v) is 4.68. The Morgan fingerprint density at radius 3 is 2.50 bits per heavy atom. The number of nitrogens with one attached hydrogen (secondary N) is 1. The van der Waals surface area contributed by atoms with Crippen molar-refractivity contribution in [1.82, 2.24) is 10.2 Å². The Morgan fingerprint density at radius 1 is 1.58 bits per heavy atom. The smallest absolute Gasteiger partial charge is 0.322 e. The average molecular weight is 189 g/mol. The van der Waals surface area contributed by atoms with Crippen LogP contribution in [0.1, 0.15) is 6.92 Å². The van der Waals surface area contributed by atoms with Crippen molar-refractivity contribution in [3.8, 4) is 0 Å². The summed E-state index contributed by atoms with van der Waals surface area (Å²) >= 11 is 1.51. The standard InChI is InChI=1S/C7H15N3OS/c1-5-12-6(8-2)9-7(11)10(3)4/h5H2,1-4H3,(H,8,9,11). The number of carbonyl (C=O) groups excluding carboxylic acids is 1. The van der Waals surface area contributed by atoms with E-state index in [-0.39, 0.29) is 6.03 Å². The van der Waals surface area contributed by atoms with Crippen LogP contribution in [-0.4, -0.2) is 43.0 Å². The van der Waals surface area contributed by atoms with Crippen LogP contribution in [0.4, 0.5) is 4.79 Å². The van der Waals surface area contributed by atoms with Gasteiger partial charge in [0.15, 0.2) is 5.17 Å². The van der Waals surface area contributed by atoms with Crippen molar-refractivity contribution in [2.45, 2.75) is 6.92 Å². The van der Waals surface area contributed by atoms with Crippen LogP contribution >= 0.6 is 11.8 Å². The Hall–Kier alpha value is -0.710. The van der Waals surface area contributed by atoms with Crippen molar-refractivity contribution >= 4 is 23.0 Å². The molecule has 0 aromatic heterocycles. The van der Waals surface area contributed by atoms with Gasteiger partial charge in [0.1, 0.15) is 0 Å². The van der Waals surface area contributed by atoms with Crippen molar-refractivity contribution < 1.29 is 4.79 Å². The van der Waals surface area contributed by atoms with E-state index in [1.165, 1.54) is 16.7 Å². The Balaban J connectivity index is 3.95. The molecule has 0 aliphatic rings. The van der Waals surface area contributed by atoms with Gasteiger partial charge in [-0.2, -0.15) is 0 Å². The minimum Gasteiger partial charge on any atom is -0.331 e. The molecule has 0 fully saturated rings. The summed E-state index contributed by atoms with van der Waals surface area (Å²) in [6.07, 6.45) is 0. The summed E-state index contributed by atoms with van der Waals surface area (Å²) in [4.78, 5) is 16.5. The molecule has 0 rings (SSSR count). The minimum atomic E-state index is -0.142. The van der Waals surface area contributed by atoms with Crippen molar-refractivity contribution in [3.05, 3.63) is 0 Å². The van der Waals surface area contributed by atoms with E-state index in [2.05, 4.69) is 10.3 Å². The van der Waals surface area contributed by atoms with Gasteiger partial charge in [-0.3, -0.25) is 10.3 Å². The zero-order valence-corrected chi connectivity index (χ0v) is 8.73. The minimum absolute atomic E-state index is 0.142. The quantitative estimate of drug-likeness (QED) is 0.494. The molecular weight excluding hydrogens is 174 g/mol. The first kappa shape index (κ1) is 11.3. The molecule has 0 aromatic rings. The monoisotopic (exact) mass is 189 g/mol. The number of amides is 2. The molecule has 0 saturated heterocycles. The van der Waals surface area contributed by atoms with Gasteiger partial charge in [-0.05, 0) is 5.75 Å². The van der Waals surface area contributed by atoms with Crippen molar-refractivity contribution in [2.75, 3.05) is 26.9 Å². The Bertz CT molecular complexity index is 179. The van der Waals surface area contributed by atoms with E-state index in [1.807, 2.05) is 6.92 Å². The van der Waals surface area contributed by atoms with Gasteiger partial charge in [-0.25, -0.2) is 4.79 Å². The predicted octanol–water partition coefficient (Wildman–Crippen LogP) is 0.996. The summed E-state index contributed by atoms with van der Waals surface area (Å²) in [7, 11) is 5.05. The number of aliphatic imine (C=N–C) groups is 1. The molecule has 70 valence electrons. The van der Waals surface area contributed by atoms with Crippen LogP contribution < -0.4 is 5.32 Å². The molecule has 0 unspecified atom stereocenters. The molecule has 4 nitrogen and oxygen atoms in total. The van der Waals surface area contributed by atoms with Crippen LogP contribution in [0, 0.1) is 0 Å². The Labute approximate surface area is 77.4 Å². The van der Waals surface area contributed by atoms with E-state index < -0.39 is 0 Å². The fraction of sp³-hybridized carbons (Fsp3) is 0.714. The lowest BCUT2D eigenvalue weighted by atomic mass is 10.8. The Kier molecular flexibility index (Phi) is 5.53. The van der Waals surface area contributed by atoms with E-state index in [0.29, 0.717) is 5.17 Å². The van der Waals surface area contributed by atoms with Gasteiger partial charge in [0.25, 0.3) is 0 Å². The van der Waals surface area contributed by atoms with Crippen LogP contribution in [0.2, 0.25) is 0 Å². The fourth-order valence-corrected chi connectivity index (χ4v) is 1.06. The molecule has 0 atom stereocenters. The number of rotatable bonds is 1. The van der Waals surface area contributed by atoms with Crippen LogP contribution in [-0.2, 0) is 0 Å². The molecule has 0 bridgehead atoms. The number of hydrogen-bond acceptors (Lipinski definition) is 3. The molecule has 0 aromatic carbocycles. The first-order chi connectivity index (χ1) is 5.61. The largest absolute Gasteiger partial charge is 0.331 e. The van der Waals surface area contributed by atoms with Gasteiger partial charge in [0, 0.05) is 21.1 Å². The molecule has 0 aliphatic carbocycles. The molecule has 2 amide bonds. The number of nitrogens with zero attached hydrogens (tertiary/aromatic N) is 2. The summed E-state index contributed by atoms with van der Waals surface area (Å²) < 4.78 is 0. The second-order valence-electron chi connectivity index (χ2n) is 2.29. The summed E-state index contributed by atoms with van der Waals surface area (Å²) in [5, 5.41) is 3.33. The summed E-state index contributed by atoms with van der Waals surface area (Å²) in [6.45, 7) is 2.01. The lowest BCUT2D eigenvalue weighted by molar-refractivity contribution is 0.222. The number of carbonyl (C=O) groups is 1. The average Bonchev–Trinajstić information content (AvgIpc) is 2.03. The fourth-order valence-electron chi connectivity index (χ4n) is 0.497. The summed E-state index contributed by atoms with van der Waals surface area (Å²) in [5.41, 5.74) is 0. The topological polar surface area (TPSA) is 44.7 Å². The van der Waals surface area contributed by atoms with Gasteiger partial charge in [0.2, 0.25) is 0 Å². The number of thioether (sulfide) groups is 1. The van der Waals surface area contributed by atoms with Crippen molar-refractivity contribution in [1.29, 1.82) is 0 Å². The first-order valence-electron chi connectivity index (χ1n) is 3.69. The highest BCUT2D eigenvalue weighted by atomic mass is 32.2. The maximum Gasteiger partial charge on any atom is 0.322 e. The molecule has 0 spiro atoms. The van der Waals surface area contributed by atoms with Crippen LogP contribution in [0.15, 0.2) is 4.99 Å². The number of urea groups is 1. The van der Waals surface area contributed by atoms with Crippen LogP contribution in [0.25, 0.3) is 0 Å². The summed E-state index contributed by atoms with van der Waals surface area (Å²) in [6, 6.07) is -0.142.